The predicted molar refractivity (Wildman–Crippen MR) is 152 cm³/mol. The minimum atomic E-state index is -1.22. The molecule has 1 aliphatic heterocycles. The maximum absolute atomic E-state index is 11.2. The maximum atomic E-state index is 11.2. The number of ether oxygens (including phenoxy) is 5. The molecular weight excluding hydrogens is 504 g/mol. The second-order valence-corrected chi connectivity index (χ2v) is 9.85. The van der Waals surface area contributed by atoms with Crippen LogP contribution in [0.25, 0.3) is 0 Å². The summed E-state index contributed by atoms with van der Waals surface area (Å²) in [6.45, 7) is 1.65. The SMILES string of the molecule is O[C@H]1O[C@H](COCc2ccccc2)[C@H](OCc2ccccc2)[C@H](OCc2ccccc2)[C@@H]1OCc1ccccc1. The largest absolute Gasteiger partial charge is 0.374 e. The van der Waals surface area contributed by atoms with Crippen molar-refractivity contribution in [1.29, 1.82) is 0 Å². The van der Waals surface area contributed by atoms with Gasteiger partial charge < -0.3 is 28.8 Å². The molecule has 0 radical (unpaired) electrons. The van der Waals surface area contributed by atoms with Gasteiger partial charge in [-0.3, -0.25) is 0 Å². The van der Waals surface area contributed by atoms with Gasteiger partial charge in [0, 0.05) is 0 Å². The maximum Gasteiger partial charge on any atom is 0.184 e. The lowest BCUT2D eigenvalue weighted by atomic mass is 9.98. The molecule has 0 unspecified atom stereocenters. The third-order valence-electron chi connectivity index (χ3n) is 6.86. The molecule has 0 aliphatic carbocycles. The van der Waals surface area contributed by atoms with Crippen molar-refractivity contribution < 1.29 is 28.8 Å². The van der Waals surface area contributed by atoms with Gasteiger partial charge in [-0.2, -0.15) is 0 Å². The molecule has 0 amide bonds. The van der Waals surface area contributed by atoms with Crippen molar-refractivity contribution >= 4 is 0 Å². The van der Waals surface area contributed by atoms with Crippen LogP contribution in [-0.4, -0.2) is 42.4 Å². The van der Waals surface area contributed by atoms with Crippen LogP contribution in [-0.2, 0) is 50.1 Å². The molecule has 208 valence electrons. The summed E-state index contributed by atoms with van der Waals surface area (Å²) >= 11 is 0. The van der Waals surface area contributed by atoms with E-state index in [9.17, 15) is 5.11 Å². The fraction of sp³-hybridized carbons (Fsp3) is 0.294. The first-order valence-corrected chi connectivity index (χ1v) is 13.7. The van der Waals surface area contributed by atoms with Gasteiger partial charge in [0.25, 0.3) is 0 Å². The average Bonchev–Trinajstić information content (AvgIpc) is 3.01. The Morgan fingerprint density at radius 1 is 0.475 bits per heavy atom. The molecule has 40 heavy (non-hydrogen) atoms. The van der Waals surface area contributed by atoms with Gasteiger partial charge in [-0.1, -0.05) is 121 Å². The first-order valence-electron chi connectivity index (χ1n) is 13.7. The molecule has 6 heteroatoms. The van der Waals surface area contributed by atoms with E-state index in [4.69, 9.17) is 23.7 Å². The summed E-state index contributed by atoms with van der Waals surface area (Å²) in [5.74, 6) is 0. The molecule has 0 bridgehead atoms. The van der Waals surface area contributed by atoms with Crippen LogP contribution in [0.5, 0.6) is 0 Å². The average molecular weight is 541 g/mol. The zero-order chi connectivity index (χ0) is 27.4. The highest BCUT2D eigenvalue weighted by atomic mass is 16.7. The number of aliphatic hydroxyl groups excluding tert-OH is 1. The predicted octanol–water partition coefficient (Wildman–Crippen LogP) is 5.68. The van der Waals surface area contributed by atoms with Crippen molar-refractivity contribution in [3.05, 3.63) is 144 Å². The van der Waals surface area contributed by atoms with Gasteiger partial charge in [0.15, 0.2) is 6.29 Å². The van der Waals surface area contributed by atoms with E-state index in [-0.39, 0.29) is 6.61 Å². The Morgan fingerprint density at radius 2 is 0.850 bits per heavy atom. The van der Waals surface area contributed by atoms with Crippen molar-refractivity contribution in [2.45, 2.75) is 57.1 Å². The van der Waals surface area contributed by atoms with Crippen LogP contribution in [0.3, 0.4) is 0 Å². The Morgan fingerprint density at radius 3 is 1.30 bits per heavy atom. The molecule has 4 aromatic rings. The lowest BCUT2D eigenvalue weighted by molar-refractivity contribution is -0.317. The topological polar surface area (TPSA) is 66.4 Å². The van der Waals surface area contributed by atoms with Crippen molar-refractivity contribution in [3.8, 4) is 0 Å². The first-order chi connectivity index (χ1) is 19.8. The summed E-state index contributed by atoms with van der Waals surface area (Å²) in [5, 5.41) is 11.2. The Labute approximate surface area is 236 Å². The molecule has 0 spiro atoms. The van der Waals surface area contributed by atoms with Crippen LogP contribution < -0.4 is 0 Å². The molecule has 5 rings (SSSR count). The van der Waals surface area contributed by atoms with Gasteiger partial charge in [0.2, 0.25) is 0 Å². The Hall–Kier alpha value is -3.36. The minimum absolute atomic E-state index is 0.224. The van der Waals surface area contributed by atoms with Gasteiger partial charge in [0.05, 0.1) is 33.0 Å². The molecule has 6 nitrogen and oxygen atoms in total. The first kappa shape index (κ1) is 28.2. The molecular formula is C34H36O6. The second kappa shape index (κ2) is 14.9. The number of benzene rings is 4. The van der Waals surface area contributed by atoms with Gasteiger partial charge in [-0.05, 0) is 22.3 Å². The number of hydrogen-bond acceptors (Lipinski definition) is 6. The molecule has 0 aromatic heterocycles. The van der Waals surface area contributed by atoms with Crippen LogP contribution >= 0.6 is 0 Å². The summed E-state index contributed by atoms with van der Waals surface area (Å²) in [4.78, 5) is 0. The Kier molecular flexibility index (Phi) is 10.5. The quantitative estimate of drug-likeness (QED) is 0.236. The van der Waals surface area contributed by atoms with Gasteiger partial charge >= 0.3 is 0 Å². The Bertz CT molecular complexity index is 1240. The molecule has 1 aliphatic rings. The molecule has 1 fully saturated rings. The fourth-order valence-electron chi connectivity index (χ4n) is 4.77. The van der Waals surface area contributed by atoms with E-state index in [2.05, 4.69) is 0 Å². The van der Waals surface area contributed by atoms with Crippen molar-refractivity contribution in [2.24, 2.45) is 0 Å². The minimum Gasteiger partial charge on any atom is -0.374 e. The zero-order valence-corrected chi connectivity index (χ0v) is 22.5. The highest BCUT2D eigenvalue weighted by Gasteiger charge is 2.48. The summed E-state index contributed by atoms with van der Waals surface area (Å²) in [6, 6.07) is 39.7. The fourth-order valence-corrected chi connectivity index (χ4v) is 4.77. The van der Waals surface area contributed by atoms with E-state index in [0.29, 0.717) is 26.4 Å². The van der Waals surface area contributed by atoms with Crippen LogP contribution in [0, 0.1) is 0 Å². The van der Waals surface area contributed by atoms with Crippen molar-refractivity contribution in [1.82, 2.24) is 0 Å². The summed E-state index contributed by atoms with van der Waals surface area (Å²) < 4.78 is 31.4. The summed E-state index contributed by atoms with van der Waals surface area (Å²) in [7, 11) is 0. The third kappa shape index (κ3) is 8.08. The Balaban J connectivity index is 1.36. The smallest absolute Gasteiger partial charge is 0.184 e. The molecule has 1 heterocycles. The van der Waals surface area contributed by atoms with Crippen molar-refractivity contribution in [3.63, 3.8) is 0 Å². The molecule has 0 saturated carbocycles. The van der Waals surface area contributed by atoms with E-state index in [1.807, 2.05) is 121 Å². The molecule has 1 saturated heterocycles. The third-order valence-corrected chi connectivity index (χ3v) is 6.86. The van der Waals surface area contributed by atoms with Crippen LogP contribution in [0.4, 0.5) is 0 Å². The lowest BCUT2D eigenvalue weighted by Gasteiger charge is -2.44. The van der Waals surface area contributed by atoms with E-state index >= 15 is 0 Å². The zero-order valence-electron chi connectivity index (χ0n) is 22.5. The molecule has 4 aromatic carbocycles. The van der Waals surface area contributed by atoms with E-state index < -0.39 is 30.7 Å². The van der Waals surface area contributed by atoms with Gasteiger partial charge in [0.1, 0.15) is 24.4 Å². The molecule has 5 atom stereocenters. The van der Waals surface area contributed by atoms with E-state index in [1.54, 1.807) is 0 Å². The lowest BCUT2D eigenvalue weighted by Crippen LogP contribution is -2.61. The van der Waals surface area contributed by atoms with Gasteiger partial charge in [-0.15, -0.1) is 0 Å². The monoisotopic (exact) mass is 540 g/mol. The van der Waals surface area contributed by atoms with E-state index in [0.717, 1.165) is 22.3 Å². The highest BCUT2D eigenvalue weighted by Crippen LogP contribution is 2.30. The van der Waals surface area contributed by atoms with E-state index in [1.165, 1.54) is 0 Å². The molecule has 1 N–H and O–H groups in total. The standard InChI is InChI=1S/C34H36O6/c35-34-33(39-24-29-19-11-4-12-20-29)32(38-23-28-17-9-3-10-18-28)31(37-22-27-15-7-2-8-16-27)30(40-34)25-36-21-26-13-5-1-6-14-26/h1-20,30-35H,21-25H2/t30-,31+,32+,33+,34+/m1/s1. The van der Waals surface area contributed by atoms with Crippen LogP contribution in [0.1, 0.15) is 22.3 Å². The van der Waals surface area contributed by atoms with Crippen molar-refractivity contribution in [2.75, 3.05) is 6.61 Å². The number of rotatable bonds is 13. The highest BCUT2D eigenvalue weighted by molar-refractivity contribution is 5.16. The number of aliphatic hydroxyl groups is 1. The normalized spacial score (nSPS) is 22.7. The van der Waals surface area contributed by atoms with Gasteiger partial charge in [-0.25, -0.2) is 0 Å². The number of hydrogen-bond donors (Lipinski definition) is 1. The summed E-state index contributed by atoms with van der Waals surface area (Å²) in [6.07, 6.45) is -3.72. The second-order valence-electron chi connectivity index (χ2n) is 9.85. The summed E-state index contributed by atoms with van der Waals surface area (Å²) in [5.41, 5.74) is 4.10. The van der Waals surface area contributed by atoms with Crippen LogP contribution in [0.2, 0.25) is 0 Å². The van der Waals surface area contributed by atoms with Crippen LogP contribution in [0.15, 0.2) is 121 Å².